The zero-order valence-corrected chi connectivity index (χ0v) is 18.5. The number of piperazine rings is 1. The molecule has 32 heavy (non-hydrogen) atoms. The fraction of sp³-hybridized carbons (Fsp3) is 0.333. The van der Waals surface area contributed by atoms with Crippen LogP contribution in [0.5, 0.6) is 11.5 Å². The van der Waals surface area contributed by atoms with E-state index in [0.29, 0.717) is 30.3 Å². The van der Waals surface area contributed by atoms with E-state index in [2.05, 4.69) is 31.9 Å². The minimum absolute atomic E-state index is 0.0992. The van der Waals surface area contributed by atoms with E-state index in [4.69, 9.17) is 9.47 Å². The molecular formula is C24H29N5O3. The van der Waals surface area contributed by atoms with E-state index < -0.39 is 0 Å². The number of anilines is 1. The summed E-state index contributed by atoms with van der Waals surface area (Å²) in [5.74, 6) is 2.20. The first kappa shape index (κ1) is 21.7. The summed E-state index contributed by atoms with van der Waals surface area (Å²) in [6, 6.07) is 15.5. The lowest BCUT2D eigenvalue weighted by Gasteiger charge is -2.34. The predicted octanol–water partition coefficient (Wildman–Crippen LogP) is 3.42. The lowest BCUT2D eigenvalue weighted by atomic mass is 10.2. The highest BCUT2D eigenvalue weighted by atomic mass is 16.5. The van der Waals surface area contributed by atoms with Crippen molar-refractivity contribution in [1.82, 2.24) is 19.4 Å². The third kappa shape index (κ3) is 5.03. The van der Waals surface area contributed by atoms with E-state index in [1.54, 1.807) is 26.4 Å². The summed E-state index contributed by atoms with van der Waals surface area (Å²) < 4.78 is 12.7. The Morgan fingerprint density at radius 1 is 0.969 bits per heavy atom. The average molecular weight is 436 g/mol. The van der Waals surface area contributed by atoms with Gasteiger partial charge in [-0.05, 0) is 12.1 Å². The van der Waals surface area contributed by atoms with Crippen LogP contribution < -0.4 is 14.8 Å². The summed E-state index contributed by atoms with van der Waals surface area (Å²) in [5, 5.41) is 2.95. The number of ether oxygens (including phenoxy) is 2. The minimum Gasteiger partial charge on any atom is -0.493 e. The number of imidazole rings is 1. The summed E-state index contributed by atoms with van der Waals surface area (Å²) in [5.41, 5.74) is 1.80. The van der Waals surface area contributed by atoms with Crippen molar-refractivity contribution >= 4 is 11.7 Å². The molecule has 0 saturated carbocycles. The lowest BCUT2D eigenvalue weighted by molar-refractivity contribution is 0.144. The Morgan fingerprint density at radius 2 is 1.72 bits per heavy atom. The first-order valence-corrected chi connectivity index (χ1v) is 10.7. The van der Waals surface area contributed by atoms with Crippen LogP contribution in [0.2, 0.25) is 0 Å². The number of benzene rings is 2. The Bertz CT molecular complexity index is 1030. The largest absolute Gasteiger partial charge is 0.493 e. The number of nitrogens with one attached hydrogen (secondary N) is 1. The van der Waals surface area contributed by atoms with Crippen molar-refractivity contribution in [3.63, 3.8) is 0 Å². The van der Waals surface area contributed by atoms with E-state index in [1.807, 2.05) is 41.6 Å². The molecule has 0 atom stereocenters. The van der Waals surface area contributed by atoms with Gasteiger partial charge in [0.2, 0.25) is 0 Å². The van der Waals surface area contributed by atoms with Gasteiger partial charge in [-0.3, -0.25) is 4.90 Å². The molecule has 0 bridgehead atoms. The fourth-order valence-electron chi connectivity index (χ4n) is 3.88. The minimum atomic E-state index is -0.0992. The summed E-state index contributed by atoms with van der Waals surface area (Å²) in [4.78, 5) is 21.4. The van der Waals surface area contributed by atoms with Gasteiger partial charge in [-0.2, -0.15) is 0 Å². The van der Waals surface area contributed by atoms with Crippen LogP contribution in [-0.2, 0) is 6.54 Å². The standard InChI is InChI=1S/C24H29N5O3/c1-31-21-9-8-20(18-22(21)32-2)26-24(30)29-16-13-27(14-17-29)12-15-28-11-10-25-23(28)19-6-4-3-5-7-19/h3-11,18H,12-17H2,1-2H3,(H,26,30). The van der Waals surface area contributed by atoms with E-state index in [1.165, 1.54) is 0 Å². The molecule has 0 aliphatic carbocycles. The maximum atomic E-state index is 12.7. The molecule has 168 valence electrons. The van der Waals surface area contributed by atoms with Crippen molar-refractivity contribution in [3.05, 3.63) is 60.9 Å². The molecule has 8 heteroatoms. The molecule has 0 unspecified atom stereocenters. The zero-order valence-electron chi connectivity index (χ0n) is 18.5. The fourth-order valence-corrected chi connectivity index (χ4v) is 3.88. The third-order valence-corrected chi connectivity index (χ3v) is 5.70. The van der Waals surface area contributed by atoms with Crippen molar-refractivity contribution in [1.29, 1.82) is 0 Å². The number of methoxy groups -OCH3 is 2. The second kappa shape index (κ2) is 10.2. The first-order chi connectivity index (χ1) is 15.7. The van der Waals surface area contributed by atoms with Gasteiger partial charge in [0, 0.05) is 69.0 Å². The number of amides is 2. The van der Waals surface area contributed by atoms with Crippen LogP contribution >= 0.6 is 0 Å². The molecule has 1 fully saturated rings. The highest BCUT2D eigenvalue weighted by molar-refractivity contribution is 5.89. The molecule has 2 heterocycles. The van der Waals surface area contributed by atoms with Crippen molar-refractivity contribution in [2.24, 2.45) is 0 Å². The molecular weight excluding hydrogens is 406 g/mol. The van der Waals surface area contributed by atoms with Crippen LogP contribution in [0.1, 0.15) is 0 Å². The van der Waals surface area contributed by atoms with Gasteiger partial charge in [0.1, 0.15) is 5.82 Å². The summed E-state index contributed by atoms with van der Waals surface area (Å²) in [6.07, 6.45) is 3.87. The van der Waals surface area contributed by atoms with Gasteiger partial charge in [-0.15, -0.1) is 0 Å². The number of hydrogen-bond acceptors (Lipinski definition) is 5. The number of aromatic nitrogens is 2. The number of urea groups is 1. The second-order valence-electron chi connectivity index (χ2n) is 7.64. The number of rotatable bonds is 7. The molecule has 8 nitrogen and oxygen atoms in total. The van der Waals surface area contributed by atoms with E-state index in [0.717, 1.165) is 37.6 Å². The maximum absolute atomic E-state index is 12.7. The summed E-state index contributed by atoms with van der Waals surface area (Å²) in [7, 11) is 3.17. The molecule has 1 aliphatic heterocycles. The monoisotopic (exact) mass is 435 g/mol. The van der Waals surface area contributed by atoms with Gasteiger partial charge >= 0.3 is 6.03 Å². The van der Waals surface area contributed by atoms with Crippen LogP contribution in [0.3, 0.4) is 0 Å². The topological polar surface area (TPSA) is 71.9 Å². The van der Waals surface area contributed by atoms with E-state index in [-0.39, 0.29) is 6.03 Å². The Hall–Kier alpha value is -3.52. The number of carbonyl (C=O) groups excluding carboxylic acids is 1. The Morgan fingerprint density at radius 3 is 2.44 bits per heavy atom. The summed E-state index contributed by atoms with van der Waals surface area (Å²) >= 11 is 0. The number of carbonyl (C=O) groups is 1. The van der Waals surface area contributed by atoms with Crippen molar-refractivity contribution < 1.29 is 14.3 Å². The molecule has 4 rings (SSSR count). The molecule has 1 aromatic heterocycles. The first-order valence-electron chi connectivity index (χ1n) is 10.7. The molecule has 0 radical (unpaired) electrons. The van der Waals surface area contributed by atoms with Crippen LogP contribution in [0.15, 0.2) is 60.9 Å². The normalized spacial score (nSPS) is 14.2. The Balaban J connectivity index is 1.27. The van der Waals surface area contributed by atoms with Gasteiger partial charge in [-0.1, -0.05) is 30.3 Å². The van der Waals surface area contributed by atoms with Crippen molar-refractivity contribution in [2.75, 3.05) is 52.3 Å². The number of hydrogen-bond donors (Lipinski definition) is 1. The summed E-state index contributed by atoms with van der Waals surface area (Å²) in [6.45, 7) is 4.84. The molecule has 1 N–H and O–H groups in total. The molecule has 0 spiro atoms. The molecule has 3 aromatic rings. The average Bonchev–Trinajstić information content (AvgIpc) is 3.32. The van der Waals surface area contributed by atoms with Gasteiger partial charge in [0.05, 0.1) is 14.2 Å². The van der Waals surface area contributed by atoms with Crippen LogP contribution in [0.4, 0.5) is 10.5 Å². The van der Waals surface area contributed by atoms with E-state index >= 15 is 0 Å². The predicted molar refractivity (Wildman–Crippen MR) is 124 cm³/mol. The molecule has 1 saturated heterocycles. The maximum Gasteiger partial charge on any atom is 0.321 e. The lowest BCUT2D eigenvalue weighted by Crippen LogP contribution is -2.50. The second-order valence-corrected chi connectivity index (χ2v) is 7.64. The Kier molecular flexibility index (Phi) is 6.91. The highest BCUT2D eigenvalue weighted by Crippen LogP contribution is 2.29. The van der Waals surface area contributed by atoms with Crippen LogP contribution in [-0.4, -0.2) is 72.3 Å². The van der Waals surface area contributed by atoms with Gasteiger partial charge in [0.25, 0.3) is 0 Å². The Labute approximate surface area is 188 Å². The van der Waals surface area contributed by atoms with Gasteiger partial charge in [-0.25, -0.2) is 9.78 Å². The van der Waals surface area contributed by atoms with Gasteiger partial charge < -0.3 is 24.3 Å². The SMILES string of the molecule is COc1ccc(NC(=O)N2CCN(CCn3ccnc3-c3ccccc3)CC2)cc1OC. The van der Waals surface area contributed by atoms with E-state index in [9.17, 15) is 4.79 Å². The molecule has 2 amide bonds. The van der Waals surface area contributed by atoms with Crippen LogP contribution in [0.25, 0.3) is 11.4 Å². The van der Waals surface area contributed by atoms with Crippen molar-refractivity contribution in [3.8, 4) is 22.9 Å². The smallest absolute Gasteiger partial charge is 0.321 e. The highest BCUT2D eigenvalue weighted by Gasteiger charge is 2.21. The molecule has 1 aliphatic rings. The quantitative estimate of drug-likeness (QED) is 0.616. The number of nitrogens with zero attached hydrogens (tertiary/aromatic N) is 4. The molecule has 2 aromatic carbocycles. The van der Waals surface area contributed by atoms with Crippen molar-refractivity contribution in [2.45, 2.75) is 6.54 Å². The zero-order chi connectivity index (χ0) is 22.3. The van der Waals surface area contributed by atoms with Gasteiger partial charge in [0.15, 0.2) is 11.5 Å². The third-order valence-electron chi connectivity index (χ3n) is 5.70. The van der Waals surface area contributed by atoms with Crippen LogP contribution in [0, 0.1) is 0 Å².